The van der Waals surface area contributed by atoms with Gasteiger partial charge in [-0.2, -0.15) is 86.4 Å². The zero-order chi connectivity index (χ0) is 33.5. The van der Waals surface area contributed by atoms with Crippen molar-refractivity contribution in [1.82, 2.24) is 0 Å². The quantitative estimate of drug-likeness (QED) is 0.157. The van der Waals surface area contributed by atoms with E-state index < -0.39 is 57.1 Å². The lowest BCUT2D eigenvalue weighted by atomic mass is 9.91. The molecule has 0 bridgehead atoms. The van der Waals surface area contributed by atoms with Crippen LogP contribution in [0.5, 0.6) is 0 Å². The minimum Gasteiger partial charge on any atom is -0.743 e. The Morgan fingerprint density at radius 2 is 1.00 bits per heavy atom. The first kappa shape index (κ1) is 40.1. The third-order valence-electron chi connectivity index (χ3n) is 5.03. The fourth-order valence-corrected chi connectivity index (χ4v) is 7.08. The summed E-state index contributed by atoms with van der Waals surface area (Å²) in [6.07, 6.45) is -7.89. The molecule has 1 rings (SSSR count). The molecule has 1 heterocycles. The second-order valence-electron chi connectivity index (χ2n) is 8.31. The van der Waals surface area contributed by atoms with E-state index in [1.54, 1.807) is 0 Å². The molecular weight excluding hydrogens is 687 g/mol. The zero-order valence-corrected chi connectivity index (χ0v) is 22.3. The molecule has 24 heteroatoms. The monoisotopic (exact) mass is 704 g/mol. The van der Waals surface area contributed by atoms with E-state index in [-0.39, 0.29) is 5.92 Å². The largest absolute Gasteiger partial charge is 0.743 e. The Morgan fingerprint density at radius 3 is 1.29 bits per heavy atom. The molecule has 41 heavy (non-hydrogen) atoms. The van der Waals surface area contributed by atoms with Crippen LogP contribution in [-0.4, -0.2) is 94.5 Å². The maximum atomic E-state index is 13.0. The topological polar surface area (TPSA) is 74.3 Å². The highest BCUT2D eigenvalue weighted by Gasteiger charge is 2.95. The average Bonchev–Trinajstić information content (AvgIpc) is 2.77. The number of ketones is 1. The molecular formula is C17H17F17O4S3. The van der Waals surface area contributed by atoms with Crippen LogP contribution in [0.1, 0.15) is 13.8 Å². The minimum absolute atomic E-state index is 0.243. The van der Waals surface area contributed by atoms with Crippen molar-refractivity contribution in [2.75, 3.05) is 28.8 Å². The van der Waals surface area contributed by atoms with E-state index in [0.717, 1.165) is 5.75 Å². The van der Waals surface area contributed by atoms with Crippen LogP contribution in [0.15, 0.2) is 0 Å². The van der Waals surface area contributed by atoms with Crippen LogP contribution in [0.2, 0.25) is 0 Å². The summed E-state index contributed by atoms with van der Waals surface area (Å²) in [5.74, 6) is -45.5. The maximum Gasteiger partial charge on any atom is 0.460 e. The number of rotatable bonds is 10. The molecule has 0 unspecified atom stereocenters. The molecule has 0 atom stereocenters. The van der Waals surface area contributed by atoms with Gasteiger partial charge in [0, 0.05) is 17.4 Å². The van der Waals surface area contributed by atoms with Gasteiger partial charge in [0.05, 0.1) is 0 Å². The van der Waals surface area contributed by atoms with E-state index in [9.17, 15) is 92.4 Å². The molecule has 0 aromatic carbocycles. The van der Waals surface area contributed by atoms with Crippen LogP contribution >= 0.6 is 11.8 Å². The van der Waals surface area contributed by atoms with E-state index in [1.807, 2.05) is 25.6 Å². The smallest absolute Gasteiger partial charge is 0.460 e. The molecule has 1 saturated heterocycles. The summed E-state index contributed by atoms with van der Waals surface area (Å²) >= 11 is 2.03. The van der Waals surface area contributed by atoms with Crippen LogP contribution in [-0.2, 0) is 25.8 Å². The number of hydrogen-bond acceptors (Lipinski definition) is 5. The summed E-state index contributed by atoms with van der Waals surface area (Å²) in [6, 6.07) is 0. The maximum absolute atomic E-state index is 13.0. The van der Waals surface area contributed by atoms with Crippen molar-refractivity contribution in [2.24, 2.45) is 5.92 Å². The Bertz CT molecular complexity index is 1020. The Labute approximate surface area is 226 Å². The molecule has 0 N–H and O–H groups in total. The van der Waals surface area contributed by atoms with Crippen LogP contribution in [0.4, 0.5) is 74.6 Å². The summed E-state index contributed by atoms with van der Waals surface area (Å²) in [5, 5.41) is -7.95. The number of carbonyl (C=O) groups is 1. The molecule has 246 valence electrons. The van der Waals surface area contributed by atoms with Crippen molar-refractivity contribution in [3.8, 4) is 0 Å². The fourth-order valence-electron chi connectivity index (χ4n) is 2.38. The van der Waals surface area contributed by atoms with Crippen LogP contribution in [0.3, 0.4) is 0 Å². The van der Waals surface area contributed by atoms with Gasteiger partial charge in [-0.05, 0) is 10.9 Å². The van der Waals surface area contributed by atoms with Gasteiger partial charge in [-0.3, -0.25) is 4.79 Å². The molecule has 0 aliphatic carbocycles. The van der Waals surface area contributed by atoms with Gasteiger partial charge < -0.3 is 4.55 Å². The molecule has 0 radical (unpaired) electrons. The lowest BCUT2D eigenvalue weighted by molar-refractivity contribution is -0.458. The van der Waals surface area contributed by atoms with Crippen molar-refractivity contribution in [3.63, 3.8) is 0 Å². The number of alkyl halides is 17. The highest BCUT2D eigenvalue weighted by molar-refractivity contribution is 8.05. The Hall–Kier alpha value is -0.910. The van der Waals surface area contributed by atoms with Crippen molar-refractivity contribution in [3.05, 3.63) is 0 Å². The fraction of sp³-hybridized carbons (Fsp3) is 0.941. The molecule has 0 amide bonds. The van der Waals surface area contributed by atoms with E-state index in [4.69, 9.17) is 0 Å². The number of halogens is 17. The average molecular weight is 704 g/mol. The van der Waals surface area contributed by atoms with Gasteiger partial charge in [0.2, 0.25) is 0 Å². The summed E-state index contributed by atoms with van der Waals surface area (Å²) in [4.78, 5) is 11.4. The van der Waals surface area contributed by atoms with Gasteiger partial charge in [0.15, 0.2) is 21.7 Å². The van der Waals surface area contributed by atoms with E-state index >= 15 is 0 Å². The third kappa shape index (κ3) is 7.09. The highest BCUT2D eigenvalue weighted by atomic mass is 32.2. The normalized spacial score (nSPS) is 17.8. The van der Waals surface area contributed by atoms with Gasteiger partial charge in [-0.1, -0.05) is 13.8 Å². The first-order valence-electron chi connectivity index (χ1n) is 10.1. The molecule has 4 nitrogen and oxygen atoms in total. The van der Waals surface area contributed by atoms with Crippen molar-refractivity contribution >= 4 is 38.6 Å². The molecule has 1 aliphatic rings. The van der Waals surface area contributed by atoms with Crippen LogP contribution < -0.4 is 0 Å². The molecule has 0 aromatic heterocycles. The lowest BCUT2D eigenvalue weighted by Crippen LogP contribution is -2.75. The Balaban J connectivity index is 0.00000110. The van der Waals surface area contributed by atoms with Crippen molar-refractivity contribution < 1.29 is 92.4 Å². The second-order valence-corrected chi connectivity index (χ2v) is 13.3. The summed E-state index contributed by atoms with van der Waals surface area (Å²) in [6.45, 7) is 4.01. The number of carbonyl (C=O) groups excluding carboxylic acids is 1. The minimum atomic E-state index is -8.92. The molecule has 0 saturated carbocycles. The van der Waals surface area contributed by atoms with Crippen molar-refractivity contribution in [1.29, 1.82) is 0 Å². The molecule has 1 aliphatic heterocycles. The molecule has 0 aromatic rings. The third-order valence-corrected chi connectivity index (χ3v) is 9.67. The van der Waals surface area contributed by atoms with E-state index in [1.165, 1.54) is 23.0 Å². The Kier molecular flexibility index (Phi) is 12.0. The van der Waals surface area contributed by atoms with Gasteiger partial charge >= 0.3 is 47.0 Å². The van der Waals surface area contributed by atoms with E-state index in [2.05, 4.69) is 0 Å². The molecule has 0 spiro atoms. The standard InChI is InChI=1S/C9H17OS2.C8HF17O3S/c1-8(2)9(10)7-12-5-3-11-4-6-12;9-1(10,3(13,14)5(17,18)7(21,22)23)2(11,12)4(15,16)6(19,20)8(24,25)29(26,27)28/h8H,3-7H2,1-2H3;(H,26,27,28)/q+1;/p-1. The summed E-state index contributed by atoms with van der Waals surface area (Å²) in [7, 11) is -7.71. The van der Waals surface area contributed by atoms with Gasteiger partial charge in [-0.25, -0.2) is 8.42 Å². The lowest BCUT2D eigenvalue weighted by Gasteiger charge is -2.42. The second kappa shape index (κ2) is 12.2. The SMILES string of the molecule is CC(C)C(=O)C[S+]1CCSCC1.O=S(=O)([O-])C(F)(F)C(F)(F)C(F)(F)C(F)(F)C(F)(F)C(F)(F)C(F)(F)C(F)(F)F. The van der Waals surface area contributed by atoms with E-state index in [0.29, 0.717) is 16.7 Å². The number of Topliss-reactive ketones (excluding diaryl/α,β-unsaturated/α-hetero) is 1. The Morgan fingerprint density at radius 1 is 0.683 bits per heavy atom. The highest BCUT2D eigenvalue weighted by Crippen LogP contribution is 2.64. The van der Waals surface area contributed by atoms with Gasteiger partial charge in [0.1, 0.15) is 11.5 Å². The molecule has 1 fully saturated rings. The summed E-state index contributed by atoms with van der Waals surface area (Å²) in [5.41, 5.74) is 0. The van der Waals surface area contributed by atoms with Gasteiger partial charge in [0.25, 0.3) is 0 Å². The van der Waals surface area contributed by atoms with Crippen LogP contribution in [0.25, 0.3) is 0 Å². The first-order valence-corrected chi connectivity index (χ1v) is 14.4. The summed E-state index contributed by atoms with van der Waals surface area (Å²) < 4.78 is 244. The van der Waals surface area contributed by atoms with Crippen LogP contribution in [0, 0.1) is 5.92 Å². The number of thioether (sulfide) groups is 1. The van der Waals surface area contributed by atoms with Crippen molar-refractivity contribution in [2.45, 2.75) is 60.8 Å². The predicted octanol–water partition coefficient (Wildman–Crippen LogP) is 6.08. The number of hydrogen-bond donors (Lipinski definition) is 0. The van der Waals surface area contributed by atoms with Gasteiger partial charge in [-0.15, -0.1) is 0 Å². The zero-order valence-electron chi connectivity index (χ0n) is 19.9. The predicted molar refractivity (Wildman–Crippen MR) is 110 cm³/mol. The first-order chi connectivity index (χ1) is 17.7.